The van der Waals surface area contributed by atoms with Gasteiger partial charge >= 0.3 is 6.18 Å². The quantitative estimate of drug-likeness (QED) is 0.135. The molecule has 14 heteroatoms. The van der Waals surface area contributed by atoms with Crippen molar-refractivity contribution in [3.63, 3.8) is 0 Å². The fourth-order valence-corrected chi connectivity index (χ4v) is 13.6. The minimum Gasteiger partial charge on any atom is -0.236 e. The lowest BCUT2D eigenvalue weighted by molar-refractivity contribution is -0.646. The highest BCUT2D eigenvalue weighted by Gasteiger charge is 2.40. The molecule has 8 nitrogen and oxygen atoms in total. The fourth-order valence-electron chi connectivity index (χ4n) is 13.6. The molecule has 4 aliphatic rings. The molecule has 19 rings (SSSR count). The van der Waals surface area contributed by atoms with Gasteiger partial charge in [-0.25, -0.2) is 36.4 Å². The molecular formula is C75H52F6N8+4. The summed E-state index contributed by atoms with van der Waals surface area (Å²) >= 11 is 0. The lowest BCUT2D eigenvalue weighted by Crippen LogP contribution is -2.31. The molecule has 1 N–H and O–H groups in total. The van der Waals surface area contributed by atoms with Gasteiger partial charge < -0.3 is 0 Å². The summed E-state index contributed by atoms with van der Waals surface area (Å²) in [5, 5.41) is 0. The zero-order valence-corrected chi connectivity index (χ0v) is 47.6. The number of hydrogen-bond donors (Lipinski definition) is 1. The van der Waals surface area contributed by atoms with Gasteiger partial charge in [0, 0.05) is 28.3 Å². The van der Waals surface area contributed by atoms with Gasteiger partial charge in [0.05, 0.1) is 22.3 Å². The number of nitrogens with one attached hydrogen (secondary N) is 1. The number of alkyl halides is 3. The average Bonchev–Trinajstić information content (AvgIpc) is 1.62. The van der Waals surface area contributed by atoms with Crippen LogP contribution < -0.4 is 18.3 Å². The maximum Gasteiger partial charge on any atom is 0.416 e. The van der Waals surface area contributed by atoms with Crippen LogP contribution in [0, 0.1) is 17.5 Å². The lowest BCUT2D eigenvalue weighted by Gasteiger charge is -2.08. The van der Waals surface area contributed by atoms with E-state index in [0.717, 1.165) is 85.9 Å². The Labute approximate surface area is 506 Å². The predicted octanol–water partition coefficient (Wildman–Crippen LogP) is 15.8. The van der Waals surface area contributed by atoms with Crippen molar-refractivity contribution in [2.24, 2.45) is 0 Å². The maximum atomic E-state index is 14.6. The number of halogens is 6. The van der Waals surface area contributed by atoms with E-state index in [9.17, 15) is 26.3 Å². The summed E-state index contributed by atoms with van der Waals surface area (Å²) < 4.78 is 96.3. The standard InChI is InChI=1S/C21H14F3N2.C20H13F2N2.C20H14FN2.C14H10N2/c22-21(23,24)15-10-11-17-14(12-15)13-25-18-8-4-5-9-19(18)26(20(17)25)16-6-2-1-3-7-16;21-14-10-13-12-23-17-8-4-5-9-18(17)24(15-6-2-1-3-7-15)20(23)19(13)16(22)11-14;21-15-10-11-17-14(12-15)13-22-18-8-4-5-9-19(18)23(20(17)22)16-6-2-1-3-7-16;1-2-6-11-10(5-1)9-16-13-8-4-3-7-12(13)15-14(11)16/h1-12H,13H2;1-11H,12H2;1-12H,13H2;1-8H,9H2/q3*+1;/p+1. The molecule has 15 aromatic rings. The van der Waals surface area contributed by atoms with Gasteiger partial charge in [0.1, 0.15) is 66.3 Å². The van der Waals surface area contributed by atoms with Gasteiger partial charge in [0.15, 0.2) is 44.1 Å². The predicted molar refractivity (Wildman–Crippen MR) is 332 cm³/mol. The van der Waals surface area contributed by atoms with Crippen LogP contribution in [0.2, 0.25) is 0 Å². The Hall–Kier alpha value is -11.1. The molecule has 89 heavy (non-hydrogen) atoms. The number of rotatable bonds is 3. The summed E-state index contributed by atoms with van der Waals surface area (Å²) in [6.07, 6.45) is -4.33. The van der Waals surface area contributed by atoms with Crippen LogP contribution in [0.5, 0.6) is 0 Å². The first-order valence-electron chi connectivity index (χ1n) is 29.4. The highest BCUT2D eigenvalue weighted by molar-refractivity contribution is 5.84. The average molecular weight is 1180 g/mol. The van der Waals surface area contributed by atoms with Gasteiger partial charge in [-0.2, -0.15) is 26.9 Å². The number of para-hydroxylation sites is 11. The maximum absolute atomic E-state index is 14.6. The number of aromatic amines is 1. The first-order chi connectivity index (χ1) is 43.5. The van der Waals surface area contributed by atoms with E-state index in [0.29, 0.717) is 36.3 Å². The monoisotopic (exact) mass is 1180 g/mol. The second-order valence-electron chi connectivity index (χ2n) is 22.5. The summed E-state index contributed by atoms with van der Waals surface area (Å²) in [5.74, 6) is 2.80. The Kier molecular flexibility index (Phi) is 12.6. The van der Waals surface area contributed by atoms with Gasteiger partial charge in [-0.1, -0.05) is 121 Å². The van der Waals surface area contributed by atoms with Gasteiger partial charge in [-0.3, -0.25) is 0 Å². The van der Waals surface area contributed by atoms with Crippen molar-refractivity contribution in [2.45, 2.75) is 32.4 Å². The smallest absolute Gasteiger partial charge is 0.236 e. The first kappa shape index (κ1) is 53.4. The molecule has 0 aliphatic carbocycles. The number of aromatic nitrogens is 8. The molecule has 0 fully saturated rings. The van der Waals surface area contributed by atoms with Crippen molar-refractivity contribution in [3.05, 3.63) is 306 Å². The van der Waals surface area contributed by atoms with E-state index in [1.807, 2.05) is 138 Å². The molecule has 0 amide bonds. The van der Waals surface area contributed by atoms with Crippen molar-refractivity contribution in [1.82, 2.24) is 18.7 Å². The number of imidazole rings is 4. The van der Waals surface area contributed by atoms with E-state index in [4.69, 9.17) is 0 Å². The second-order valence-corrected chi connectivity index (χ2v) is 22.5. The van der Waals surface area contributed by atoms with E-state index in [-0.39, 0.29) is 5.82 Å². The summed E-state index contributed by atoms with van der Waals surface area (Å²) in [7, 11) is 0. The number of fused-ring (bicyclic) bond motifs is 20. The third kappa shape index (κ3) is 8.92. The third-order valence-corrected chi connectivity index (χ3v) is 17.3. The number of H-pyrrole nitrogens is 1. The molecule has 0 spiro atoms. The van der Waals surface area contributed by atoms with Gasteiger partial charge in [-0.05, 0) is 133 Å². The van der Waals surface area contributed by atoms with Crippen LogP contribution >= 0.6 is 0 Å². The molecule has 0 radical (unpaired) electrons. The van der Waals surface area contributed by atoms with E-state index in [1.54, 1.807) is 18.2 Å². The van der Waals surface area contributed by atoms with Crippen LogP contribution in [0.25, 0.3) is 107 Å². The Balaban J connectivity index is 0.0000000964. The first-order valence-corrected chi connectivity index (χ1v) is 29.4. The molecular weight excluding hydrogens is 1130 g/mol. The molecule has 11 aromatic carbocycles. The molecule has 0 saturated heterocycles. The zero-order chi connectivity index (χ0) is 60.1. The number of benzene rings is 11. The summed E-state index contributed by atoms with van der Waals surface area (Å²) in [6.45, 7) is 2.60. The van der Waals surface area contributed by atoms with Gasteiger partial charge in [0.2, 0.25) is 0 Å². The second kappa shape index (κ2) is 21.1. The lowest BCUT2D eigenvalue weighted by atomic mass is 10.0. The zero-order valence-electron chi connectivity index (χ0n) is 47.6. The van der Waals surface area contributed by atoms with E-state index in [2.05, 4.69) is 117 Å². The molecule has 4 aromatic heterocycles. The summed E-state index contributed by atoms with van der Waals surface area (Å²) in [5.41, 5.74) is 19.0. The molecule has 0 unspecified atom stereocenters. The minimum atomic E-state index is -4.33. The van der Waals surface area contributed by atoms with Crippen LogP contribution in [-0.4, -0.2) is 18.7 Å². The largest absolute Gasteiger partial charge is 0.416 e. The third-order valence-electron chi connectivity index (χ3n) is 17.3. The van der Waals surface area contributed by atoms with Crippen molar-refractivity contribution in [3.8, 4) is 62.6 Å². The van der Waals surface area contributed by atoms with Crippen molar-refractivity contribution in [2.75, 3.05) is 0 Å². The Morgan fingerprint density at radius 3 is 1.33 bits per heavy atom. The Morgan fingerprint density at radius 2 is 0.764 bits per heavy atom. The fraction of sp³-hybridized carbons (Fsp3) is 0.0667. The molecule has 0 bridgehead atoms. The summed E-state index contributed by atoms with van der Waals surface area (Å²) in [6, 6.07) is 82.9. The normalized spacial score (nSPS) is 12.7. The summed E-state index contributed by atoms with van der Waals surface area (Å²) in [4.78, 5) is 3.50. The Bertz CT molecular complexity index is 5290. The topological polar surface area (TPSA) is 46.1 Å². The van der Waals surface area contributed by atoms with Crippen LogP contribution in [0.15, 0.2) is 261 Å². The Morgan fingerprint density at radius 1 is 0.337 bits per heavy atom. The molecule has 430 valence electrons. The van der Waals surface area contributed by atoms with Crippen LogP contribution in [0.4, 0.5) is 26.3 Å². The van der Waals surface area contributed by atoms with Gasteiger partial charge in [0.25, 0.3) is 23.3 Å². The van der Waals surface area contributed by atoms with Crippen molar-refractivity contribution >= 4 is 44.1 Å². The number of nitrogens with zero attached hydrogens (tertiary/aromatic N) is 7. The van der Waals surface area contributed by atoms with Crippen molar-refractivity contribution in [1.29, 1.82) is 0 Å². The molecule has 4 aliphatic heterocycles. The molecule has 0 saturated carbocycles. The van der Waals surface area contributed by atoms with Crippen LogP contribution in [-0.2, 0) is 32.4 Å². The van der Waals surface area contributed by atoms with Crippen LogP contribution in [0.3, 0.4) is 0 Å². The highest BCUT2D eigenvalue weighted by Crippen LogP contribution is 2.40. The van der Waals surface area contributed by atoms with E-state index < -0.39 is 23.4 Å². The van der Waals surface area contributed by atoms with E-state index in [1.165, 1.54) is 57.2 Å². The SMILES string of the molecule is FC(F)(F)c1ccc2c(c1)C[n+]1c-2n(-c2ccccc2)c2ccccc21.Fc1cc(F)c2c(c1)C[n+]1c-2n(-c2ccccc2)c2ccccc21.Fc1ccc2c(c1)C[n+]1c-2n(-c2ccccc2)c2ccccc21.c1ccc2c(c1)C[n+]1c-2[nH]c2ccccc21. The van der Waals surface area contributed by atoms with Gasteiger partial charge in [-0.15, -0.1) is 0 Å². The number of hydrogen-bond acceptors (Lipinski definition) is 0. The molecule has 8 heterocycles. The minimum absolute atomic E-state index is 0.176. The highest BCUT2D eigenvalue weighted by atomic mass is 19.4. The van der Waals surface area contributed by atoms with Crippen molar-refractivity contribution < 1.29 is 44.6 Å². The van der Waals surface area contributed by atoms with E-state index >= 15 is 0 Å². The van der Waals surface area contributed by atoms with Crippen LogP contribution in [0.1, 0.15) is 27.8 Å². The molecule has 0 atom stereocenters.